The standard InChI is InChI=1S/C24H27NO4/c1-27-21-12-8-19(9-13-21)24(29-23(16-25)17-26,18-6-4-3-5-7-18)20-10-14-22(28-2)15-11-20/h3-15,23,26H,16-17,25H2,1-2H3. The summed E-state index contributed by atoms with van der Waals surface area (Å²) in [5, 5.41) is 9.85. The maximum atomic E-state index is 9.85. The van der Waals surface area contributed by atoms with E-state index in [1.165, 1.54) is 0 Å². The predicted molar refractivity (Wildman–Crippen MR) is 113 cm³/mol. The second-order valence-corrected chi connectivity index (χ2v) is 6.66. The molecule has 0 saturated carbocycles. The normalized spacial score (nSPS) is 12.4. The summed E-state index contributed by atoms with van der Waals surface area (Å²) >= 11 is 0. The van der Waals surface area contributed by atoms with Crippen LogP contribution in [0.15, 0.2) is 78.9 Å². The summed E-state index contributed by atoms with van der Waals surface area (Å²) < 4.78 is 17.2. The van der Waals surface area contributed by atoms with Crippen LogP contribution >= 0.6 is 0 Å². The summed E-state index contributed by atoms with van der Waals surface area (Å²) in [5.74, 6) is 1.51. The third-order valence-corrected chi connectivity index (χ3v) is 4.98. The molecule has 3 N–H and O–H groups in total. The molecule has 5 nitrogen and oxygen atoms in total. The summed E-state index contributed by atoms with van der Waals surface area (Å²) in [6.45, 7) is 0.00872. The van der Waals surface area contributed by atoms with Crippen molar-refractivity contribution in [3.05, 3.63) is 95.6 Å². The molecule has 0 aromatic heterocycles. The summed E-state index contributed by atoms with van der Waals surface area (Å²) in [5.41, 5.74) is 7.67. The Hall–Kier alpha value is -2.86. The van der Waals surface area contributed by atoms with Crippen molar-refractivity contribution < 1.29 is 19.3 Å². The minimum Gasteiger partial charge on any atom is -0.497 e. The Bertz CT molecular complexity index is 828. The molecule has 3 rings (SSSR count). The minimum atomic E-state index is -0.966. The van der Waals surface area contributed by atoms with E-state index in [0.29, 0.717) is 0 Å². The lowest BCUT2D eigenvalue weighted by Crippen LogP contribution is -2.41. The van der Waals surface area contributed by atoms with Crippen LogP contribution in [0, 0.1) is 0 Å². The van der Waals surface area contributed by atoms with Crippen molar-refractivity contribution in [1.29, 1.82) is 0 Å². The van der Waals surface area contributed by atoms with Crippen LogP contribution in [0.4, 0.5) is 0 Å². The molecule has 0 aliphatic rings. The molecule has 1 unspecified atom stereocenters. The fourth-order valence-electron chi connectivity index (χ4n) is 3.44. The molecule has 0 heterocycles. The number of ether oxygens (including phenoxy) is 3. The Labute approximate surface area is 171 Å². The van der Waals surface area contributed by atoms with E-state index >= 15 is 0 Å². The van der Waals surface area contributed by atoms with Gasteiger partial charge in [-0.15, -0.1) is 0 Å². The molecule has 29 heavy (non-hydrogen) atoms. The highest BCUT2D eigenvalue weighted by atomic mass is 16.5. The van der Waals surface area contributed by atoms with E-state index in [1.54, 1.807) is 14.2 Å². The maximum Gasteiger partial charge on any atom is 0.144 e. The molecule has 0 spiro atoms. The number of hydrogen-bond donors (Lipinski definition) is 2. The molecule has 152 valence electrons. The van der Waals surface area contributed by atoms with Crippen LogP contribution in [0.3, 0.4) is 0 Å². The van der Waals surface area contributed by atoms with E-state index in [-0.39, 0.29) is 13.2 Å². The van der Waals surface area contributed by atoms with E-state index in [2.05, 4.69) is 0 Å². The monoisotopic (exact) mass is 393 g/mol. The van der Waals surface area contributed by atoms with Gasteiger partial charge in [0.15, 0.2) is 0 Å². The van der Waals surface area contributed by atoms with Crippen LogP contribution in [0.25, 0.3) is 0 Å². The second-order valence-electron chi connectivity index (χ2n) is 6.66. The van der Waals surface area contributed by atoms with Gasteiger partial charge in [-0.05, 0) is 41.0 Å². The molecule has 1 atom stereocenters. The van der Waals surface area contributed by atoms with Crippen molar-refractivity contribution in [2.24, 2.45) is 5.73 Å². The first-order valence-electron chi connectivity index (χ1n) is 9.51. The van der Waals surface area contributed by atoms with E-state index in [1.807, 2.05) is 78.9 Å². The molecule has 0 aliphatic heterocycles. The average Bonchev–Trinajstić information content (AvgIpc) is 2.81. The predicted octanol–water partition coefficient (Wildman–Crippen LogP) is 3.33. The average molecular weight is 393 g/mol. The summed E-state index contributed by atoms with van der Waals surface area (Å²) in [6.07, 6.45) is -0.542. The molecule has 3 aromatic carbocycles. The number of aliphatic hydroxyl groups is 1. The summed E-state index contributed by atoms with van der Waals surface area (Å²) in [7, 11) is 3.27. The molecule has 0 fully saturated rings. The molecule has 0 aliphatic carbocycles. The molecule has 0 radical (unpaired) electrons. The van der Waals surface area contributed by atoms with Gasteiger partial charge in [0.05, 0.1) is 26.9 Å². The highest BCUT2D eigenvalue weighted by Gasteiger charge is 2.39. The zero-order valence-electron chi connectivity index (χ0n) is 16.7. The number of hydrogen-bond acceptors (Lipinski definition) is 5. The Balaban J connectivity index is 2.27. The first-order valence-corrected chi connectivity index (χ1v) is 9.51. The zero-order chi connectivity index (χ0) is 20.7. The molecule has 0 bridgehead atoms. The minimum absolute atomic E-state index is 0.183. The number of methoxy groups -OCH3 is 2. The van der Waals surface area contributed by atoms with Gasteiger partial charge in [-0.1, -0.05) is 54.6 Å². The van der Waals surface area contributed by atoms with Crippen molar-refractivity contribution in [2.45, 2.75) is 11.7 Å². The van der Waals surface area contributed by atoms with Crippen molar-refractivity contribution in [1.82, 2.24) is 0 Å². The van der Waals surface area contributed by atoms with Gasteiger partial charge in [0.2, 0.25) is 0 Å². The second kappa shape index (κ2) is 9.56. The number of rotatable bonds is 9. The van der Waals surface area contributed by atoms with Gasteiger partial charge >= 0.3 is 0 Å². The van der Waals surface area contributed by atoms with Crippen molar-refractivity contribution in [2.75, 3.05) is 27.4 Å². The summed E-state index contributed by atoms with van der Waals surface area (Å²) in [4.78, 5) is 0. The Morgan fingerprint density at radius 2 is 1.21 bits per heavy atom. The largest absolute Gasteiger partial charge is 0.497 e. The van der Waals surface area contributed by atoms with Crippen molar-refractivity contribution >= 4 is 0 Å². The van der Waals surface area contributed by atoms with E-state index < -0.39 is 11.7 Å². The van der Waals surface area contributed by atoms with Gasteiger partial charge in [-0.3, -0.25) is 0 Å². The lowest BCUT2D eigenvalue weighted by atomic mass is 9.79. The Morgan fingerprint density at radius 1 is 0.759 bits per heavy atom. The van der Waals surface area contributed by atoms with Gasteiger partial charge < -0.3 is 25.1 Å². The van der Waals surface area contributed by atoms with Gasteiger partial charge in [0.1, 0.15) is 17.1 Å². The SMILES string of the molecule is COc1ccc(C(OC(CN)CO)(c2ccccc2)c2ccc(OC)cc2)cc1. The van der Waals surface area contributed by atoms with Crippen molar-refractivity contribution in [3.8, 4) is 11.5 Å². The Kier molecular flexibility index (Phi) is 6.88. The van der Waals surface area contributed by atoms with E-state index in [0.717, 1.165) is 28.2 Å². The first-order chi connectivity index (χ1) is 14.2. The zero-order valence-corrected chi connectivity index (χ0v) is 16.7. The van der Waals surface area contributed by atoms with E-state index in [9.17, 15) is 5.11 Å². The third kappa shape index (κ3) is 4.27. The molecular formula is C24H27NO4. The van der Waals surface area contributed by atoms with Gasteiger partial charge in [-0.2, -0.15) is 0 Å². The van der Waals surface area contributed by atoms with Gasteiger partial charge in [0.25, 0.3) is 0 Å². The highest BCUT2D eigenvalue weighted by Crippen LogP contribution is 2.42. The number of nitrogens with two attached hydrogens (primary N) is 1. The molecule has 0 amide bonds. The number of aliphatic hydroxyl groups excluding tert-OH is 1. The highest BCUT2D eigenvalue weighted by molar-refractivity contribution is 5.49. The smallest absolute Gasteiger partial charge is 0.144 e. The van der Waals surface area contributed by atoms with Crippen molar-refractivity contribution in [3.63, 3.8) is 0 Å². The van der Waals surface area contributed by atoms with Crippen LogP contribution < -0.4 is 15.2 Å². The van der Waals surface area contributed by atoms with E-state index in [4.69, 9.17) is 19.9 Å². The van der Waals surface area contributed by atoms with Gasteiger partial charge in [-0.25, -0.2) is 0 Å². The fourth-order valence-corrected chi connectivity index (χ4v) is 3.44. The number of benzene rings is 3. The molecule has 0 saturated heterocycles. The maximum absolute atomic E-state index is 9.85. The van der Waals surface area contributed by atoms with Gasteiger partial charge in [0, 0.05) is 6.54 Å². The topological polar surface area (TPSA) is 73.9 Å². The van der Waals surface area contributed by atoms with Crippen LogP contribution in [0.1, 0.15) is 16.7 Å². The molecule has 3 aromatic rings. The Morgan fingerprint density at radius 3 is 1.59 bits per heavy atom. The molecular weight excluding hydrogens is 366 g/mol. The summed E-state index contributed by atoms with van der Waals surface area (Å²) in [6, 6.07) is 25.4. The van der Waals surface area contributed by atoms with Crippen LogP contribution in [0.5, 0.6) is 11.5 Å². The van der Waals surface area contributed by atoms with Crippen LogP contribution in [-0.2, 0) is 10.3 Å². The lowest BCUT2D eigenvalue weighted by molar-refractivity contribution is -0.0647. The fraction of sp³-hybridized carbons (Fsp3) is 0.250. The van der Waals surface area contributed by atoms with Crippen LogP contribution in [-0.4, -0.2) is 38.6 Å². The van der Waals surface area contributed by atoms with Crippen LogP contribution in [0.2, 0.25) is 0 Å². The quantitative estimate of drug-likeness (QED) is 0.546. The molecule has 5 heteroatoms. The first kappa shape index (κ1) is 20.9. The lowest BCUT2D eigenvalue weighted by Gasteiger charge is -2.38. The third-order valence-electron chi connectivity index (χ3n) is 4.98.